The van der Waals surface area contributed by atoms with Gasteiger partial charge < -0.3 is 13.9 Å². The van der Waals surface area contributed by atoms with Crippen LogP contribution in [0.4, 0.5) is 6.01 Å². The summed E-state index contributed by atoms with van der Waals surface area (Å²) in [5.74, 6) is 0.714. The van der Waals surface area contributed by atoms with Crippen molar-refractivity contribution in [2.45, 2.75) is 24.2 Å². The predicted octanol–water partition coefficient (Wildman–Crippen LogP) is 3.18. The lowest BCUT2D eigenvalue weighted by atomic mass is 10.2. The third-order valence-corrected chi connectivity index (χ3v) is 7.26. The zero-order chi connectivity index (χ0) is 23.4. The highest BCUT2D eigenvalue weighted by atomic mass is 32.2. The first-order chi connectivity index (χ1) is 15.9. The Morgan fingerprint density at radius 1 is 1.00 bits per heavy atom. The number of carbonyl (C=O) groups excluding carboxylic acids is 1. The lowest BCUT2D eigenvalue weighted by Gasteiger charge is -2.25. The number of methoxy groups -OCH3 is 2. The number of sulfonamides is 1. The Morgan fingerprint density at radius 3 is 2.39 bits per heavy atom. The van der Waals surface area contributed by atoms with Crippen LogP contribution in [0.2, 0.25) is 0 Å². The van der Waals surface area contributed by atoms with Gasteiger partial charge in [0.25, 0.3) is 11.8 Å². The number of rotatable bonds is 7. The maximum absolute atomic E-state index is 12.8. The van der Waals surface area contributed by atoms with Crippen LogP contribution in [0.15, 0.2) is 51.8 Å². The molecule has 0 saturated carbocycles. The molecule has 1 aliphatic heterocycles. The minimum absolute atomic E-state index is 0.107. The molecule has 0 atom stereocenters. The first-order valence-electron chi connectivity index (χ1n) is 10.4. The molecular weight excluding hydrogens is 448 g/mol. The molecule has 1 amide bonds. The fourth-order valence-corrected chi connectivity index (χ4v) is 5.08. The predicted molar refractivity (Wildman–Crippen MR) is 120 cm³/mol. The van der Waals surface area contributed by atoms with Crippen molar-refractivity contribution < 1.29 is 27.1 Å². The molecule has 0 aliphatic carbocycles. The summed E-state index contributed by atoms with van der Waals surface area (Å²) in [7, 11) is -0.515. The third-order valence-electron chi connectivity index (χ3n) is 5.35. The van der Waals surface area contributed by atoms with Crippen molar-refractivity contribution in [1.29, 1.82) is 0 Å². The summed E-state index contributed by atoms with van der Waals surface area (Å²) in [5, 5.41) is 10.3. The lowest BCUT2D eigenvalue weighted by molar-refractivity contribution is 0.102. The van der Waals surface area contributed by atoms with E-state index in [4.69, 9.17) is 13.9 Å². The average molecular weight is 473 g/mol. The van der Waals surface area contributed by atoms with E-state index in [-0.39, 0.29) is 22.4 Å². The number of ether oxygens (including phenoxy) is 2. The van der Waals surface area contributed by atoms with E-state index in [1.54, 1.807) is 18.2 Å². The zero-order valence-corrected chi connectivity index (χ0v) is 19.1. The van der Waals surface area contributed by atoms with Crippen molar-refractivity contribution in [3.05, 3.63) is 48.0 Å². The average Bonchev–Trinajstić information content (AvgIpc) is 3.32. The van der Waals surface area contributed by atoms with Gasteiger partial charge in [-0.25, -0.2) is 8.42 Å². The number of hydrogen-bond acceptors (Lipinski definition) is 8. The second-order valence-corrected chi connectivity index (χ2v) is 9.36. The molecule has 174 valence electrons. The van der Waals surface area contributed by atoms with E-state index in [2.05, 4.69) is 15.5 Å². The number of carbonyl (C=O) groups is 1. The first-order valence-corrected chi connectivity index (χ1v) is 11.8. The summed E-state index contributed by atoms with van der Waals surface area (Å²) < 4.78 is 43.1. The molecule has 1 fully saturated rings. The van der Waals surface area contributed by atoms with Crippen LogP contribution in [0.3, 0.4) is 0 Å². The number of aromatic nitrogens is 2. The van der Waals surface area contributed by atoms with Gasteiger partial charge >= 0.3 is 6.01 Å². The van der Waals surface area contributed by atoms with Gasteiger partial charge in [-0.2, -0.15) is 4.31 Å². The summed E-state index contributed by atoms with van der Waals surface area (Å²) in [6.07, 6.45) is 2.74. The van der Waals surface area contributed by atoms with E-state index in [1.807, 2.05) is 0 Å². The lowest BCUT2D eigenvalue weighted by Crippen LogP contribution is -2.35. The number of nitrogens with one attached hydrogen (secondary N) is 1. The first kappa shape index (κ1) is 22.7. The van der Waals surface area contributed by atoms with Gasteiger partial charge in [0.1, 0.15) is 11.5 Å². The molecule has 3 aromatic rings. The summed E-state index contributed by atoms with van der Waals surface area (Å²) in [4.78, 5) is 12.8. The van der Waals surface area contributed by atoms with Gasteiger partial charge in [-0.05, 0) is 55.3 Å². The van der Waals surface area contributed by atoms with Gasteiger partial charge in [0.15, 0.2) is 0 Å². The van der Waals surface area contributed by atoms with Crippen LogP contribution in [0, 0.1) is 0 Å². The maximum atomic E-state index is 12.8. The highest BCUT2D eigenvalue weighted by Gasteiger charge is 2.26. The number of hydrogen-bond donors (Lipinski definition) is 1. The Balaban J connectivity index is 1.48. The molecule has 1 aliphatic rings. The standard InChI is InChI=1S/C22H24N4O6S/c1-30-16-8-11-19(31-2)18(14-16)21-24-25-22(32-21)23-20(27)15-6-9-17(10-7-15)33(28,29)26-12-4-3-5-13-26/h6-11,14H,3-5,12-13H2,1-2H3,(H,23,25,27). The molecule has 0 unspecified atom stereocenters. The van der Waals surface area contributed by atoms with Crippen LogP contribution in [-0.2, 0) is 10.0 Å². The van der Waals surface area contributed by atoms with E-state index in [0.717, 1.165) is 19.3 Å². The van der Waals surface area contributed by atoms with Crippen molar-refractivity contribution in [3.63, 3.8) is 0 Å². The minimum Gasteiger partial charge on any atom is -0.497 e. The van der Waals surface area contributed by atoms with E-state index in [1.165, 1.54) is 42.8 Å². The topological polar surface area (TPSA) is 124 Å². The quantitative estimate of drug-likeness (QED) is 0.556. The second kappa shape index (κ2) is 9.59. The molecule has 1 N–H and O–H groups in total. The number of piperidine rings is 1. The highest BCUT2D eigenvalue weighted by Crippen LogP contribution is 2.33. The number of anilines is 1. The molecule has 2 aromatic carbocycles. The number of benzene rings is 2. The molecule has 2 heterocycles. The van der Waals surface area contributed by atoms with Crippen molar-refractivity contribution in [2.24, 2.45) is 0 Å². The van der Waals surface area contributed by atoms with Gasteiger partial charge in [0.2, 0.25) is 10.0 Å². The summed E-state index contributed by atoms with van der Waals surface area (Å²) in [5.41, 5.74) is 0.767. The second-order valence-electron chi connectivity index (χ2n) is 7.42. The van der Waals surface area contributed by atoms with Gasteiger partial charge in [0, 0.05) is 18.7 Å². The van der Waals surface area contributed by atoms with Crippen molar-refractivity contribution >= 4 is 21.9 Å². The number of amides is 1. The van der Waals surface area contributed by atoms with Crippen LogP contribution in [0.5, 0.6) is 11.5 Å². The molecule has 33 heavy (non-hydrogen) atoms. The number of nitrogens with zero attached hydrogens (tertiary/aromatic N) is 3. The molecule has 1 saturated heterocycles. The monoisotopic (exact) mass is 472 g/mol. The van der Waals surface area contributed by atoms with E-state index in [0.29, 0.717) is 30.2 Å². The van der Waals surface area contributed by atoms with Crippen LogP contribution in [-0.4, -0.2) is 56.1 Å². The summed E-state index contributed by atoms with van der Waals surface area (Å²) in [6, 6.07) is 10.8. The molecular formula is C22H24N4O6S. The maximum Gasteiger partial charge on any atom is 0.322 e. The smallest absolute Gasteiger partial charge is 0.322 e. The fourth-order valence-electron chi connectivity index (χ4n) is 3.57. The molecule has 4 rings (SSSR count). The largest absolute Gasteiger partial charge is 0.497 e. The molecule has 1 aromatic heterocycles. The molecule has 10 nitrogen and oxygen atoms in total. The fraction of sp³-hybridized carbons (Fsp3) is 0.318. The van der Waals surface area contributed by atoms with E-state index >= 15 is 0 Å². The SMILES string of the molecule is COc1ccc(OC)c(-c2nnc(NC(=O)c3ccc(S(=O)(=O)N4CCCCC4)cc3)o2)c1. The Labute approximate surface area is 191 Å². The molecule has 0 spiro atoms. The third kappa shape index (κ3) is 4.83. The van der Waals surface area contributed by atoms with Gasteiger partial charge in [-0.1, -0.05) is 11.5 Å². The Morgan fingerprint density at radius 2 is 1.73 bits per heavy atom. The Kier molecular flexibility index (Phi) is 6.61. The van der Waals surface area contributed by atoms with Crippen molar-refractivity contribution in [3.8, 4) is 23.0 Å². The Hall–Kier alpha value is -3.44. The van der Waals surface area contributed by atoms with Gasteiger partial charge in [0.05, 0.1) is 24.7 Å². The van der Waals surface area contributed by atoms with Crippen LogP contribution < -0.4 is 14.8 Å². The van der Waals surface area contributed by atoms with Crippen LogP contribution >= 0.6 is 0 Å². The zero-order valence-electron chi connectivity index (χ0n) is 18.3. The summed E-state index contributed by atoms with van der Waals surface area (Å²) >= 11 is 0. The molecule has 0 radical (unpaired) electrons. The summed E-state index contributed by atoms with van der Waals surface area (Å²) in [6.45, 7) is 1.03. The Bertz CT molecular complexity index is 1230. The van der Waals surface area contributed by atoms with Crippen molar-refractivity contribution in [2.75, 3.05) is 32.6 Å². The van der Waals surface area contributed by atoms with E-state index in [9.17, 15) is 13.2 Å². The van der Waals surface area contributed by atoms with Crippen LogP contribution in [0.1, 0.15) is 29.6 Å². The van der Waals surface area contributed by atoms with Crippen LogP contribution in [0.25, 0.3) is 11.5 Å². The van der Waals surface area contributed by atoms with E-state index < -0.39 is 15.9 Å². The van der Waals surface area contributed by atoms with Gasteiger partial charge in [-0.15, -0.1) is 5.10 Å². The normalized spacial score (nSPS) is 14.6. The molecule has 0 bridgehead atoms. The highest BCUT2D eigenvalue weighted by molar-refractivity contribution is 7.89. The molecule has 11 heteroatoms. The minimum atomic E-state index is -3.56. The van der Waals surface area contributed by atoms with Gasteiger partial charge in [-0.3, -0.25) is 10.1 Å². The van der Waals surface area contributed by atoms with Crippen molar-refractivity contribution in [1.82, 2.24) is 14.5 Å².